The smallest absolute Gasteiger partial charge is 0.121 e. The van der Waals surface area contributed by atoms with E-state index in [-0.39, 0.29) is 6.10 Å². The molecule has 118 valence electrons. The molecule has 3 nitrogen and oxygen atoms in total. The number of hydrogen-bond donors (Lipinski definition) is 0. The zero-order chi connectivity index (χ0) is 15.2. The molecule has 0 radical (unpaired) electrons. The SMILES string of the molecule is C[C@H](CN(C)CC1CCN(C)CC1)Oc1cccc(Cl)c1. The van der Waals surface area contributed by atoms with Gasteiger partial charge >= 0.3 is 0 Å². The van der Waals surface area contributed by atoms with Crippen LogP contribution in [0.4, 0.5) is 0 Å². The molecule has 21 heavy (non-hydrogen) atoms. The molecule has 1 aliphatic rings. The van der Waals surface area contributed by atoms with E-state index in [0.29, 0.717) is 0 Å². The van der Waals surface area contributed by atoms with Gasteiger partial charge in [0.25, 0.3) is 0 Å². The molecule has 1 atom stereocenters. The van der Waals surface area contributed by atoms with Gasteiger partial charge in [0.2, 0.25) is 0 Å². The number of ether oxygens (including phenoxy) is 1. The minimum atomic E-state index is 0.166. The molecule has 0 N–H and O–H groups in total. The lowest BCUT2D eigenvalue weighted by molar-refractivity contribution is 0.130. The fraction of sp³-hybridized carbons (Fsp3) is 0.647. The van der Waals surface area contributed by atoms with Crippen LogP contribution in [0, 0.1) is 5.92 Å². The van der Waals surface area contributed by atoms with Crippen molar-refractivity contribution in [3.63, 3.8) is 0 Å². The summed E-state index contributed by atoms with van der Waals surface area (Å²) in [6.07, 6.45) is 2.79. The predicted octanol–water partition coefficient (Wildman–Crippen LogP) is 3.38. The van der Waals surface area contributed by atoms with Crippen LogP contribution in [0.5, 0.6) is 5.75 Å². The van der Waals surface area contributed by atoms with Crippen LogP contribution in [0.3, 0.4) is 0 Å². The fourth-order valence-electron chi connectivity index (χ4n) is 3.01. The highest BCUT2D eigenvalue weighted by Gasteiger charge is 2.19. The van der Waals surface area contributed by atoms with Crippen LogP contribution in [0.2, 0.25) is 5.02 Å². The molecule has 2 rings (SSSR count). The van der Waals surface area contributed by atoms with Crippen LogP contribution in [0.1, 0.15) is 19.8 Å². The second-order valence-corrected chi connectivity index (χ2v) is 6.79. The number of halogens is 1. The van der Waals surface area contributed by atoms with E-state index in [1.807, 2.05) is 24.3 Å². The third-order valence-corrected chi connectivity index (χ3v) is 4.35. The molecule has 0 aromatic heterocycles. The minimum absolute atomic E-state index is 0.166. The summed E-state index contributed by atoms with van der Waals surface area (Å²) in [5, 5.41) is 0.722. The first-order chi connectivity index (χ1) is 10.0. The summed E-state index contributed by atoms with van der Waals surface area (Å²) in [6.45, 7) is 6.68. The molecule has 1 aromatic rings. The zero-order valence-corrected chi connectivity index (χ0v) is 14.1. The minimum Gasteiger partial charge on any atom is -0.489 e. The zero-order valence-electron chi connectivity index (χ0n) is 13.4. The Bertz CT molecular complexity index is 433. The first kappa shape index (κ1) is 16.6. The molecule has 1 aromatic carbocycles. The lowest BCUT2D eigenvalue weighted by Gasteiger charge is -2.32. The fourth-order valence-corrected chi connectivity index (χ4v) is 3.19. The number of piperidine rings is 1. The van der Waals surface area contributed by atoms with E-state index in [9.17, 15) is 0 Å². The van der Waals surface area contributed by atoms with Gasteiger partial charge in [0.05, 0.1) is 0 Å². The molecule has 0 saturated carbocycles. The van der Waals surface area contributed by atoms with Crippen molar-refractivity contribution in [2.75, 3.05) is 40.3 Å². The second-order valence-electron chi connectivity index (χ2n) is 6.35. The molecule has 4 heteroatoms. The number of likely N-dealkylation sites (tertiary alicyclic amines) is 1. The Labute approximate surface area is 133 Å². The maximum absolute atomic E-state index is 5.98. The van der Waals surface area contributed by atoms with Crippen LogP contribution in [0.25, 0.3) is 0 Å². The Hall–Kier alpha value is -0.770. The Balaban J connectivity index is 1.73. The van der Waals surface area contributed by atoms with Gasteiger partial charge in [-0.1, -0.05) is 17.7 Å². The number of benzene rings is 1. The standard InChI is InChI=1S/C17H27ClN2O/c1-14(21-17-6-4-5-16(18)11-17)12-20(3)13-15-7-9-19(2)10-8-15/h4-6,11,14-15H,7-10,12-13H2,1-3H3/t14-/m1/s1. The highest BCUT2D eigenvalue weighted by atomic mass is 35.5. The van der Waals surface area contributed by atoms with E-state index in [4.69, 9.17) is 16.3 Å². The van der Waals surface area contributed by atoms with Gasteiger partial charge < -0.3 is 14.5 Å². The van der Waals surface area contributed by atoms with Gasteiger partial charge in [-0.05, 0) is 71.1 Å². The molecule has 1 saturated heterocycles. The maximum atomic E-state index is 5.98. The molecule has 1 aliphatic heterocycles. The van der Waals surface area contributed by atoms with E-state index < -0.39 is 0 Å². The summed E-state index contributed by atoms with van der Waals surface area (Å²) in [7, 11) is 4.40. The summed E-state index contributed by atoms with van der Waals surface area (Å²) < 4.78 is 5.94. The Morgan fingerprint density at radius 2 is 2.10 bits per heavy atom. The maximum Gasteiger partial charge on any atom is 0.121 e. The van der Waals surface area contributed by atoms with Crippen molar-refractivity contribution in [2.24, 2.45) is 5.92 Å². The Morgan fingerprint density at radius 1 is 1.38 bits per heavy atom. The molecule has 1 fully saturated rings. The second kappa shape index (κ2) is 8.02. The van der Waals surface area contributed by atoms with Crippen molar-refractivity contribution in [3.05, 3.63) is 29.3 Å². The monoisotopic (exact) mass is 310 g/mol. The lowest BCUT2D eigenvalue weighted by atomic mass is 9.96. The van der Waals surface area contributed by atoms with E-state index in [2.05, 4.69) is 30.8 Å². The number of rotatable bonds is 6. The van der Waals surface area contributed by atoms with Crippen molar-refractivity contribution >= 4 is 11.6 Å². The highest BCUT2D eigenvalue weighted by Crippen LogP contribution is 2.19. The molecule has 0 bridgehead atoms. The topological polar surface area (TPSA) is 15.7 Å². The van der Waals surface area contributed by atoms with Gasteiger partial charge in [0, 0.05) is 18.1 Å². The third-order valence-electron chi connectivity index (χ3n) is 4.11. The number of likely N-dealkylation sites (N-methyl/N-ethyl adjacent to an activating group) is 1. The Morgan fingerprint density at radius 3 is 2.76 bits per heavy atom. The van der Waals surface area contributed by atoms with E-state index in [1.54, 1.807) is 0 Å². The first-order valence-corrected chi connectivity index (χ1v) is 8.20. The van der Waals surface area contributed by atoms with E-state index in [0.717, 1.165) is 29.8 Å². The van der Waals surface area contributed by atoms with Crippen molar-refractivity contribution in [3.8, 4) is 5.75 Å². The predicted molar refractivity (Wildman–Crippen MR) is 89.3 cm³/mol. The van der Waals surface area contributed by atoms with Gasteiger partial charge in [-0.15, -0.1) is 0 Å². The van der Waals surface area contributed by atoms with E-state index in [1.165, 1.54) is 25.9 Å². The highest BCUT2D eigenvalue weighted by molar-refractivity contribution is 6.30. The number of hydrogen-bond acceptors (Lipinski definition) is 3. The Kier molecular flexibility index (Phi) is 6.34. The quantitative estimate of drug-likeness (QED) is 0.801. The summed E-state index contributed by atoms with van der Waals surface area (Å²) >= 11 is 5.98. The number of nitrogens with zero attached hydrogens (tertiary/aromatic N) is 2. The van der Waals surface area contributed by atoms with Crippen molar-refractivity contribution in [1.29, 1.82) is 0 Å². The summed E-state index contributed by atoms with van der Waals surface area (Å²) in [6, 6.07) is 7.62. The van der Waals surface area contributed by atoms with Crippen LogP contribution >= 0.6 is 11.6 Å². The van der Waals surface area contributed by atoms with Crippen molar-refractivity contribution < 1.29 is 4.74 Å². The largest absolute Gasteiger partial charge is 0.489 e. The lowest BCUT2D eigenvalue weighted by Crippen LogP contribution is -2.38. The molecule has 0 unspecified atom stereocenters. The molecular formula is C17H27ClN2O. The van der Waals surface area contributed by atoms with E-state index >= 15 is 0 Å². The van der Waals surface area contributed by atoms with Gasteiger partial charge in [-0.2, -0.15) is 0 Å². The molecular weight excluding hydrogens is 284 g/mol. The van der Waals surface area contributed by atoms with Crippen LogP contribution in [0.15, 0.2) is 24.3 Å². The molecule has 0 amide bonds. The van der Waals surface area contributed by atoms with Crippen molar-refractivity contribution in [1.82, 2.24) is 9.80 Å². The van der Waals surface area contributed by atoms with Gasteiger partial charge in [-0.3, -0.25) is 0 Å². The molecule has 1 heterocycles. The van der Waals surface area contributed by atoms with Crippen LogP contribution in [-0.4, -0.2) is 56.2 Å². The average molecular weight is 311 g/mol. The molecule has 0 spiro atoms. The summed E-state index contributed by atoms with van der Waals surface area (Å²) in [4.78, 5) is 4.81. The summed E-state index contributed by atoms with van der Waals surface area (Å²) in [5.74, 6) is 1.67. The van der Waals surface area contributed by atoms with Gasteiger partial charge in [0.1, 0.15) is 11.9 Å². The summed E-state index contributed by atoms with van der Waals surface area (Å²) in [5.41, 5.74) is 0. The third kappa shape index (κ3) is 5.85. The van der Waals surface area contributed by atoms with Crippen molar-refractivity contribution in [2.45, 2.75) is 25.9 Å². The first-order valence-electron chi connectivity index (χ1n) is 7.82. The van der Waals surface area contributed by atoms with Crippen LogP contribution < -0.4 is 4.74 Å². The normalized spacial score (nSPS) is 18.9. The van der Waals surface area contributed by atoms with Gasteiger partial charge in [0.15, 0.2) is 0 Å². The van der Waals surface area contributed by atoms with Gasteiger partial charge in [-0.25, -0.2) is 0 Å². The van der Waals surface area contributed by atoms with Crippen LogP contribution in [-0.2, 0) is 0 Å². The average Bonchev–Trinajstić information content (AvgIpc) is 2.41. The molecule has 0 aliphatic carbocycles.